The summed E-state index contributed by atoms with van der Waals surface area (Å²) in [5.74, 6) is -1.08. The molecule has 2 aromatic heterocycles. The van der Waals surface area contributed by atoms with Crippen molar-refractivity contribution in [3.63, 3.8) is 0 Å². The number of hydrogen-bond acceptors (Lipinski definition) is 6. The maximum atomic E-state index is 13.4. The highest BCUT2D eigenvalue weighted by Gasteiger charge is 2.70. The van der Waals surface area contributed by atoms with Crippen LogP contribution in [0.3, 0.4) is 0 Å². The number of aromatic nitrogens is 3. The number of carbonyl (C=O) groups excluding carboxylic acids is 1. The molecule has 6 rings (SSSR count). The second kappa shape index (κ2) is 7.79. The molecule has 0 aromatic carbocycles. The van der Waals surface area contributed by atoms with Crippen LogP contribution in [0.5, 0.6) is 0 Å². The lowest BCUT2D eigenvalue weighted by Crippen LogP contribution is -2.63. The smallest absolute Gasteiger partial charge is 0.212 e. The van der Waals surface area contributed by atoms with Crippen LogP contribution in [0.4, 0.5) is 4.39 Å². The molecule has 3 unspecified atom stereocenters. The van der Waals surface area contributed by atoms with Gasteiger partial charge in [-0.1, -0.05) is 26.3 Å². The number of Topliss-reactive ketones (excluding diaryl/α,β-unsaturated/α-hetero) is 1. The first-order chi connectivity index (χ1) is 17.0. The zero-order chi connectivity index (χ0) is 25.6. The summed E-state index contributed by atoms with van der Waals surface area (Å²) in [7, 11) is 0. The molecule has 3 N–H and O–H groups in total. The molecule has 2 heterocycles. The van der Waals surface area contributed by atoms with Crippen LogP contribution < -0.4 is 0 Å². The zero-order valence-corrected chi connectivity index (χ0v) is 21.0. The summed E-state index contributed by atoms with van der Waals surface area (Å²) >= 11 is 0. The molecule has 8 atom stereocenters. The maximum absolute atomic E-state index is 13.4. The van der Waals surface area contributed by atoms with Gasteiger partial charge in [0.15, 0.2) is 5.78 Å². The number of aliphatic hydroxyl groups is 3. The van der Waals surface area contributed by atoms with Crippen molar-refractivity contribution in [1.29, 1.82) is 0 Å². The third-order valence-corrected chi connectivity index (χ3v) is 10.5. The van der Waals surface area contributed by atoms with E-state index in [1.54, 1.807) is 10.7 Å². The van der Waals surface area contributed by atoms with E-state index in [0.717, 1.165) is 30.5 Å². The molecule has 0 spiro atoms. The number of aliphatic hydroxyl groups excluding tert-OH is 2. The first-order valence-electron chi connectivity index (χ1n) is 13.0. The molecule has 3 saturated carbocycles. The Labute approximate surface area is 210 Å². The lowest BCUT2D eigenvalue weighted by atomic mass is 9.45. The molecule has 0 bridgehead atoms. The minimum atomic E-state index is -1.63. The van der Waals surface area contributed by atoms with E-state index >= 15 is 0 Å². The number of fused-ring (bicyclic) bond motifs is 6. The molecule has 3 fully saturated rings. The van der Waals surface area contributed by atoms with Gasteiger partial charge >= 0.3 is 0 Å². The summed E-state index contributed by atoms with van der Waals surface area (Å²) in [5, 5.41) is 37.6. The van der Waals surface area contributed by atoms with Crippen LogP contribution in [0.15, 0.2) is 30.1 Å². The summed E-state index contributed by atoms with van der Waals surface area (Å²) in [6, 6.07) is 3.00. The molecule has 0 radical (unpaired) electrons. The second-order valence-corrected chi connectivity index (χ2v) is 12.1. The van der Waals surface area contributed by atoms with Gasteiger partial charge in [-0.25, -0.2) is 9.67 Å². The standard InChI is InChI=1S/C28H34FN3O4/c1-15-8-20-19-6-4-17-9-21-16(12-31-32(21)18-5-7-24(29)30-13-18)10-26(17,2)25(19)22(34)11-27(20,3)28(15,36)23(35)14-33/h5,7,9,12-13,15,19-20,22,25,33-34,36H,4,6,8,10-11,14H2,1-3H3/t15-,19?,20?,22+,25?,26+,27+,28+/m1/s1. The van der Waals surface area contributed by atoms with E-state index < -0.39 is 35.5 Å². The number of rotatable bonds is 3. The third kappa shape index (κ3) is 2.92. The Hall–Kier alpha value is -2.42. The molecule has 7 nitrogen and oxygen atoms in total. The molecular weight excluding hydrogens is 461 g/mol. The van der Waals surface area contributed by atoms with Crippen LogP contribution in [0.2, 0.25) is 0 Å². The van der Waals surface area contributed by atoms with Crippen LogP contribution in [0.1, 0.15) is 57.7 Å². The highest BCUT2D eigenvalue weighted by atomic mass is 19.1. The van der Waals surface area contributed by atoms with Gasteiger partial charge in [0.1, 0.15) is 12.2 Å². The summed E-state index contributed by atoms with van der Waals surface area (Å²) < 4.78 is 15.2. The Morgan fingerprint density at radius 1 is 1.28 bits per heavy atom. The monoisotopic (exact) mass is 495 g/mol. The van der Waals surface area contributed by atoms with Crippen molar-refractivity contribution in [1.82, 2.24) is 14.8 Å². The normalized spacial score (nSPS) is 41.1. The van der Waals surface area contributed by atoms with Gasteiger partial charge in [-0.15, -0.1) is 0 Å². The van der Waals surface area contributed by atoms with Crippen molar-refractivity contribution >= 4 is 11.9 Å². The van der Waals surface area contributed by atoms with Crippen molar-refractivity contribution in [3.05, 3.63) is 47.3 Å². The first-order valence-corrected chi connectivity index (χ1v) is 13.0. The SMILES string of the molecule is C[C@@H]1CC2C3CCC4=Cc5c(cnn5-c5ccc(F)nc5)C[C@]4(C)C3[C@@H](O)C[C@]2(C)[C@@]1(O)C(=O)CO. The van der Waals surface area contributed by atoms with Gasteiger partial charge in [0.05, 0.1) is 29.9 Å². The van der Waals surface area contributed by atoms with Gasteiger partial charge in [-0.05, 0) is 85.0 Å². The molecule has 192 valence electrons. The number of hydrogen-bond donors (Lipinski definition) is 3. The predicted molar refractivity (Wildman–Crippen MR) is 130 cm³/mol. The average Bonchev–Trinajstić information content (AvgIpc) is 3.33. The van der Waals surface area contributed by atoms with Crippen molar-refractivity contribution in [2.45, 2.75) is 64.6 Å². The minimum absolute atomic E-state index is 0.00154. The first kappa shape index (κ1) is 23.9. The van der Waals surface area contributed by atoms with Crippen molar-refractivity contribution in [2.24, 2.45) is 34.5 Å². The number of carbonyl (C=O) groups is 1. The number of pyridine rings is 1. The molecule has 36 heavy (non-hydrogen) atoms. The number of halogens is 1. The third-order valence-electron chi connectivity index (χ3n) is 10.5. The van der Waals surface area contributed by atoms with E-state index in [2.05, 4.69) is 23.1 Å². The largest absolute Gasteiger partial charge is 0.393 e. The van der Waals surface area contributed by atoms with Gasteiger partial charge in [-0.3, -0.25) is 4.79 Å². The zero-order valence-electron chi connectivity index (χ0n) is 21.0. The lowest BCUT2D eigenvalue weighted by Gasteiger charge is -2.60. The van der Waals surface area contributed by atoms with Gasteiger partial charge in [-0.2, -0.15) is 9.49 Å². The van der Waals surface area contributed by atoms with E-state index in [4.69, 9.17) is 0 Å². The van der Waals surface area contributed by atoms with Crippen LogP contribution in [-0.2, 0) is 11.2 Å². The van der Waals surface area contributed by atoms with Gasteiger partial charge in [0, 0.05) is 5.41 Å². The predicted octanol–water partition coefficient (Wildman–Crippen LogP) is 3.10. The molecule has 0 saturated heterocycles. The summed E-state index contributed by atoms with van der Waals surface area (Å²) in [6.07, 6.45) is 8.37. The molecular formula is C28H34FN3O4. The number of ketones is 1. The Kier molecular flexibility index (Phi) is 5.18. The number of allylic oxidation sites excluding steroid dienone is 1. The van der Waals surface area contributed by atoms with Crippen LogP contribution >= 0.6 is 0 Å². The maximum Gasteiger partial charge on any atom is 0.212 e. The van der Waals surface area contributed by atoms with Crippen LogP contribution in [-0.4, -0.2) is 54.2 Å². The number of nitrogens with zero attached hydrogens (tertiary/aromatic N) is 3. The Bertz CT molecular complexity index is 1260. The molecule has 4 aliphatic rings. The fraction of sp³-hybridized carbons (Fsp3) is 0.607. The van der Waals surface area contributed by atoms with E-state index in [-0.39, 0.29) is 29.1 Å². The van der Waals surface area contributed by atoms with E-state index in [1.165, 1.54) is 17.8 Å². The van der Waals surface area contributed by atoms with E-state index in [1.807, 2.05) is 20.0 Å². The van der Waals surface area contributed by atoms with Gasteiger partial charge in [0.25, 0.3) is 0 Å². The molecule has 0 amide bonds. The molecule has 8 heteroatoms. The molecule has 0 aliphatic heterocycles. The Morgan fingerprint density at radius 3 is 2.75 bits per heavy atom. The van der Waals surface area contributed by atoms with Crippen molar-refractivity contribution < 1.29 is 24.5 Å². The lowest BCUT2D eigenvalue weighted by molar-refractivity contribution is -0.186. The summed E-state index contributed by atoms with van der Waals surface area (Å²) in [5.41, 5.74) is 1.37. The minimum Gasteiger partial charge on any atom is -0.393 e. The highest BCUT2D eigenvalue weighted by Crippen LogP contribution is 2.68. The molecule has 2 aromatic rings. The van der Waals surface area contributed by atoms with E-state index in [9.17, 15) is 24.5 Å². The summed E-state index contributed by atoms with van der Waals surface area (Å²) in [6.45, 7) is 5.40. The quantitative estimate of drug-likeness (QED) is 0.565. The summed E-state index contributed by atoms with van der Waals surface area (Å²) in [4.78, 5) is 16.6. The van der Waals surface area contributed by atoms with Gasteiger partial charge < -0.3 is 15.3 Å². The van der Waals surface area contributed by atoms with Crippen LogP contribution in [0.25, 0.3) is 11.8 Å². The topological polar surface area (TPSA) is 108 Å². The highest BCUT2D eigenvalue weighted by molar-refractivity contribution is 5.90. The Morgan fingerprint density at radius 2 is 2.06 bits per heavy atom. The van der Waals surface area contributed by atoms with Crippen LogP contribution in [0, 0.1) is 40.4 Å². The van der Waals surface area contributed by atoms with Crippen molar-refractivity contribution in [2.75, 3.05) is 6.61 Å². The van der Waals surface area contributed by atoms with Crippen molar-refractivity contribution in [3.8, 4) is 5.69 Å². The fourth-order valence-corrected chi connectivity index (χ4v) is 8.93. The average molecular weight is 496 g/mol. The Balaban J connectivity index is 1.38. The van der Waals surface area contributed by atoms with Gasteiger partial charge in [0.2, 0.25) is 5.95 Å². The second-order valence-electron chi connectivity index (χ2n) is 12.1. The van der Waals surface area contributed by atoms with E-state index in [0.29, 0.717) is 18.5 Å². The molecule has 4 aliphatic carbocycles. The fourth-order valence-electron chi connectivity index (χ4n) is 8.93.